The van der Waals surface area contributed by atoms with Gasteiger partial charge in [-0.1, -0.05) is 41.4 Å². The maximum absolute atomic E-state index is 13.0. The summed E-state index contributed by atoms with van der Waals surface area (Å²) in [6.07, 6.45) is 1.31. The van der Waals surface area contributed by atoms with Crippen LogP contribution in [0.2, 0.25) is 10.0 Å². The monoisotopic (exact) mass is 496 g/mol. The number of amides is 1. The Bertz CT molecular complexity index is 1120. The van der Waals surface area contributed by atoms with E-state index in [1.54, 1.807) is 12.1 Å². The van der Waals surface area contributed by atoms with Crippen LogP contribution in [-0.4, -0.2) is 31.7 Å². The molecule has 0 unspecified atom stereocenters. The number of hydrogen-bond acceptors (Lipinski definition) is 3. The number of halogens is 2. The second-order valence-corrected chi connectivity index (χ2v) is 11.5. The Morgan fingerprint density at radius 1 is 1.12 bits per heavy atom. The fourth-order valence-electron chi connectivity index (χ4n) is 4.19. The molecule has 1 aliphatic heterocycles. The first-order valence-corrected chi connectivity index (χ1v) is 13.1. The molecule has 1 heterocycles. The predicted octanol–water partition coefficient (Wildman–Crippen LogP) is 5.34. The number of carbonyl (C=O) groups is 1. The molecule has 8 heteroatoms. The van der Waals surface area contributed by atoms with E-state index in [9.17, 15) is 13.2 Å². The average Bonchev–Trinajstić information content (AvgIpc) is 2.72. The minimum absolute atomic E-state index is 0.112. The lowest BCUT2D eigenvalue weighted by Crippen LogP contribution is -2.46. The van der Waals surface area contributed by atoms with E-state index in [1.165, 1.54) is 21.5 Å². The fourth-order valence-corrected chi connectivity index (χ4v) is 6.39. The Morgan fingerprint density at radius 2 is 1.81 bits per heavy atom. The summed E-state index contributed by atoms with van der Waals surface area (Å²) in [5, 5.41) is 3.88. The number of carbonyl (C=O) groups excluding carboxylic acids is 1. The largest absolute Gasteiger partial charge is 0.349 e. The van der Waals surface area contributed by atoms with Crippen molar-refractivity contribution in [2.24, 2.45) is 5.92 Å². The molecule has 0 aromatic heterocycles. The Hall–Kier alpha value is -1.60. The van der Waals surface area contributed by atoms with E-state index in [0.717, 1.165) is 11.1 Å². The molecular weight excluding hydrogens is 467 g/mol. The number of nitrogens with zero attached hydrogens (tertiary/aromatic N) is 1. The summed E-state index contributed by atoms with van der Waals surface area (Å²) in [5.41, 5.74) is 5.12. The zero-order valence-electron chi connectivity index (χ0n) is 18.9. The number of nitrogens with one attached hydrogen (secondary N) is 1. The number of hydrogen-bond donors (Lipinski definition) is 1. The lowest BCUT2D eigenvalue weighted by atomic mass is 9.95. The lowest BCUT2D eigenvalue weighted by molar-refractivity contribution is -0.126. The Balaban J connectivity index is 1.68. The highest BCUT2D eigenvalue weighted by Gasteiger charge is 2.33. The number of piperidine rings is 1. The molecule has 0 radical (unpaired) electrons. The molecule has 0 saturated carbocycles. The summed E-state index contributed by atoms with van der Waals surface area (Å²) in [5.74, 6) is -0.705. The van der Waals surface area contributed by atoms with Gasteiger partial charge in [-0.25, -0.2) is 12.7 Å². The second kappa shape index (κ2) is 10.1. The highest BCUT2D eigenvalue weighted by atomic mass is 35.5. The zero-order chi connectivity index (χ0) is 23.6. The predicted molar refractivity (Wildman–Crippen MR) is 131 cm³/mol. The van der Waals surface area contributed by atoms with Gasteiger partial charge in [0, 0.05) is 23.1 Å². The van der Waals surface area contributed by atoms with E-state index in [0.29, 0.717) is 35.0 Å². The van der Waals surface area contributed by atoms with Gasteiger partial charge in [0.15, 0.2) is 0 Å². The molecular formula is C24H30Cl2N2O3S. The molecule has 1 aliphatic rings. The summed E-state index contributed by atoms with van der Waals surface area (Å²) < 4.78 is 27.5. The fraction of sp³-hybridized carbons (Fsp3) is 0.458. The van der Waals surface area contributed by atoms with Crippen molar-refractivity contribution in [2.45, 2.75) is 52.3 Å². The van der Waals surface area contributed by atoms with Gasteiger partial charge in [-0.15, -0.1) is 0 Å². The number of sulfonamides is 1. The first kappa shape index (κ1) is 25.0. The summed E-state index contributed by atoms with van der Waals surface area (Å²) in [6, 6.07) is 8.89. The molecule has 174 valence electrons. The summed E-state index contributed by atoms with van der Waals surface area (Å²) in [6.45, 7) is 8.73. The smallest absolute Gasteiger partial charge is 0.224 e. The topological polar surface area (TPSA) is 66.5 Å². The molecule has 2 atom stereocenters. The molecule has 0 aliphatic carbocycles. The van der Waals surface area contributed by atoms with Gasteiger partial charge in [-0.3, -0.25) is 4.79 Å². The highest BCUT2D eigenvalue weighted by Crippen LogP contribution is 2.27. The van der Waals surface area contributed by atoms with Gasteiger partial charge >= 0.3 is 0 Å². The summed E-state index contributed by atoms with van der Waals surface area (Å²) >= 11 is 12.1. The SMILES string of the molecule is Cc1cc(C)c([C@@H](C)NC(=O)[C@H]2CCCN(S(=O)(=O)Cc3ccc(Cl)cc3Cl)C2)cc1C. The molecule has 2 aromatic rings. The maximum atomic E-state index is 13.0. The van der Waals surface area contributed by atoms with Crippen LogP contribution in [0.1, 0.15) is 53.6 Å². The van der Waals surface area contributed by atoms with Gasteiger partial charge in [0.1, 0.15) is 0 Å². The molecule has 32 heavy (non-hydrogen) atoms. The van der Waals surface area contributed by atoms with Crippen molar-refractivity contribution < 1.29 is 13.2 Å². The van der Waals surface area contributed by atoms with Gasteiger partial charge in [0.2, 0.25) is 15.9 Å². The van der Waals surface area contributed by atoms with E-state index >= 15 is 0 Å². The van der Waals surface area contributed by atoms with Crippen LogP contribution < -0.4 is 5.32 Å². The van der Waals surface area contributed by atoms with Crippen molar-refractivity contribution in [1.29, 1.82) is 0 Å². The Morgan fingerprint density at radius 3 is 2.50 bits per heavy atom. The van der Waals surface area contributed by atoms with Crippen molar-refractivity contribution in [3.05, 3.63) is 68.2 Å². The minimum Gasteiger partial charge on any atom is -0.349 e. The molecule has 5 nitrogen and oxygen atoms in total. The second-order valence-electron chi connectivity index (χ2n) is 8.71. The van der Waals surface area contributed by atoms with E-state index in [-0.39, 0.29) is 30.2 Å². The van der Waals surface area contributed by atoms with Crippen LogP contribution >= 0.6 is 23.2 Å². The van der Waals surface area contributed by atoms with Crippen LogP contribution in [0.5, 0.6) is 0 Å². The zero-order valence-corrected chi connectivity index (χ0v) is 21.2. The van der Waals surface area contributed by atoms with E-state index in [1.807, 2.05) is 13.8 Å². The first-order valence-electron chi connectivity index (χ1n) is 10.8. The molecule has 2 aromatic carbocycles. The first-order chi connectivity index (χ1) is 15.0. The van der Waals surface area contributed by atoms with Crippen LogP contribution in [0.25, 0.3) is 0 Å². The van der Waals surface area contributed by atoms with Crippen LogP contribution in [0.3, 0.4) is 0 Å². The van der Waals surface area contributed by atoms with Gasteiger partial charge in [0.05, 0.1) is 17.7 Å². The van der Waals surface area contributed by atoms with E-state index in [2.05, 4.69) is 31.3 Å². The molecule has 1 saturated heterocycles. The van der Waals surface area contributed by atoms with E-state index < -0.39 is 10.0 Å². The quantitative estimate of drug-likeness (QED) is 0.586. The third-order valence-corrected chi connectivity index (χ3v) is 8.59. The number of benzene rings is 2. The molecule has 0 spiro atoms. The van der Waals surface area contributed by atoms with Gasteiger partial charge < -0.3 is 5.32 Å². The van der Waals surface area contributed by atoms with Crippen molar-refractivity contribution in [2.75, 3.05) is 13.1 Å². The highest BCUT2D eigenvalue weighted by molar-refractivity contribution is 7.88. The lowest BCUT2D eigenvalue weighted by Gasteiger charge is -2.32. The summed E-state index contributed by atoms with van der Waals surface area (Å²) in [7, 11) is -3.61. The van der Waals surface area contributed by atoms with Crippen LogP contribution in [0.15, 0.2) is 30.3 Å². The van der Waals surface area contributed by atoms with Crippen molar-refractivity contribution in [3.8, 4) is 0 Å². The van der Waals surface area contributed by atoms with Gasteiger partial charge in [0.25, 0.3) is 0 Å². The van der Waals surface area contributed by atoms with Crippen LogP contribution in [-0.2, 0) is 20.6 Å². The standard InChI is InChI=1S/C24H30Cl2N2O3S/c1-15-10-17(3)22(11-16(15)2)18(4)27-24(29)19-6-5-9-28(13-19)32(30,31)14-20-7-8-21(25)12-23(20)26/h7-8,10-12,18-19H,5-6,9,13-14H2,1-4H3,(H,27,29)/t18-,19+/m1/s1. The normalized spacial score (nSPS) is 18.4. The van der Waals surface area contributed by atoms with Gasteiger partial charge in [-0.2, -0.15) is 0 Å². The minimum atomic E-state index is -3.61. The number of aryl methyl sites for hydroxylation is 3. The van der Waals surface area contributed by atoms with E-state index in [4.69, 9.17) is 23.2 Å². The van der Waals surface area contributed by atoms with Crippen molar-refractivity contribution >= 4 is 39.1 Å². The van der Waals surface area contributed by atoms with Gasteiger partial charge in [-0.05, 0) is 80.5 Å². The van der Waals surface area contributed by atoms with Crippen LogP contribution in [0.4, 0.5) is 0 Å². The van der Waals surface area contributed by atoms with Crippen molar-refractivity contribution in [1.82, 2.24) is 9.62 Å². The molecule has 1 N–H and O–H groups in total. The molecule has 1 amide bonds. The average molecular weight is 497 g/mol. The third kappa shape index (κ3) is 5.84. The molecule has 1 fully saturated rings. The summed E-state index contributed by atoms with van der Waals surface area (Å²) in [4.78, 5) is 13.0. The van der Waals surface area contributed by atoms with Crippen LogP contribution in [0, 0.1) is 26.7 Å². The molecule has 0 bridgehead atoms. The Kier molecular flexibility index (Phi) is 7.92. The third-order valence-electron chi connectivity index (χ3n) is 6.21. The maximum Gasteiger partial charge on any atom is 0.224 e. The van der Waals surface area contributed by atoms with Crippen molar-refractivity contribution in [3.63, 3.8) is 0 Å². The Labute approximate surface area is 201 Å². The number of rotatable bonds is 6. The molecule has 3 rings (SSSR count).